The van der Waals surface area contributed by atoms with Gasteiger partial charge in [0.05, 0.1) is 16.4 Å². The van der Waals surface area contributed by atoms with Crippen LogP contribution in [-0.4, -0.2) is 37.0 Å². The molecule has 3 aromatic rings. The van der Waals surface area contributed by atoms with Crippen molar-refractivity contribution >= 4 is 20.8 Å². The Morgan fingerprint density at radius 2 is 1.88 bits per heavy atom. The Hall–Kier alpha value is -2.75. The average Bonchev–Trinajstić information content (AvgIpc) is 2.62. The lowest BCUT2D eigenvalue weighted by molar-refractivity contribution is 0.199. The maximum Gasteiger partial charge on any atom is 0.238 e. The van der Waals surface area contributed by atoms with Crippen molar-refractivity contribution in [3.63, 3.8) is 0 Å². The van der Waals surface area contributed by atoms with E-state index in [0.717, 1.165) is 0 Å². The van der Waals surface area contributed by atoms with Crippen molar-refractivity contribution in [3.8, 4) is 17.4 Å². The van der Waals surface area contributed by atoms with E-state index >= 15 is 0 Å². The monoisotopic (exact) mass is 374 g/mol. The number of rotatable bonds is 6. The Kier molecular flexibility index (Phi) is 5.03. The number of fused-ring (bicyclic) bond motifs is 1. The van der Waals surface area contributed by atoms with E-state index in [4.69, 9.17) is 9.52 Å². The Bertz CT molecular complexity index is 1020. The summed E-state index contributed by atoms with van der Waals surface area (Å²) < 4.78 is 28.6. The minimum atomic E-state index is -3.20. The fourth-order valence-electron chi connectivity index (χ4n) is 2.27. The molecule has 2 heterocycles. The molecule has 9 heteroatoms. The summed E-state index contributed by atoms with van der Waals surface area (Å²) in [6.45, 7) is 1.60. The molecule has 1 aromatic carbocycles. The lowest BCUT2D eigenvalue weighted by Crippen LogP contribution is -2.29. The molecule has 0 fully saturated rings. The number of nitrogens with one attached hydrogen (secondary N) is 2. The van der Waals surface area contributed by atoms with Gasteiger partial charge in [0.2, 0.25) is 5.88 Å². The van der Waals surface area contributed by atoms with E-state index < -0.39 is 16.0 Å². The molecule has 3 rings (SSSR count). The number of hydrogen-bond donors (Lipinski definition) is 4. The van der Waals surface area contributed by atoms with Crippen molar-refractivity contribution in [3.05, 3.63) is 48.8 Å². The predicted molar refractivity (Wildman–Crippen MR) is 96.5 cm³/mol. The van der Waals surface area contributed by atoms with E-state index in [0.29, 0.717) is 22.4 Å². The van der Waals surface area contributed by atoms with Gasteiger partial charge in [-0.15, -0.1) is 0 Å². The molecule has 0 aliphatic rings. The number of aliphatic hydroxyl groups excluding tert-OH is 1. The molecule has 0 aliphatic carbocycles. The number of aliphatic hydroxyl groups is 1. The third kappa shape index (κ3) is 3.90. The van der Waals surface area contributed by atoms with Gasteiger partial charge in [-0.05, 0) is 43.3 Å². The zero-order valence-corrected chi connectivity index (χ0v) is 14.7. The molecule has 4 N–H and O–H groups in total. The van der Waals surface area contributed by atoms with Crippen LogP contribution in [0.25, 0.3) is 10.9 Å². The third-order valence-corrected chi connectivity index (χ3v) is 5.07. The number of ether oxygens (including phenoxy) is 1. The van der Waals surface area contributed by atoms with Crippen LogP contribution in [0.3, 0.4) is 0 Å². The number of pyridine rings is 2. The average molecular weight is 374 g/mol. The van der Waals surface area contributed by atoms with Crippen LogP contribution in [0.1, 0.15) is 6.92 Å². The summed E-state index contributed by atoms with van der Waals surface area (Å²) in [5.74, 6) is 0.781. The molecule has 0 spiro atoms. The largest absolute Gasteiger partial charge is 0.492 e. The van der Waals surface area contributed by atoms with Gasteiger partial charge in [-0.25, -0.2) is 18.7 Å². The molecule has 0 bridgehead atoms. The molecule has 0 aliphatic heterocycles. The van der Waals surface area contributed by atoms with Gasteiger partial charge in [-0.1, -0.05) is 0 Å². The standard InChI is InChI=1S/C17H18N4O4S/c1-11(22)10-21-26(18,24)13-4-2-12(3-5-13)25-15-7-9-19-16-14(15)6-8-20-17(16)23/h2-9,11,22H,10H2,1H3,(H,20,23)(H2,18,21,24)/t11-,26-/m1/s1. The number of aromatic nitrogens is 2. The molecule has 0 amide bonds. The number of nitrogens with zero attached hydrogens (tertiary/aromatic N) is 2. The van der Waals surface area contributed by atoms with Gasteiger partial charge in [0, 0.05) is 18.9 Å². The van der Waals surface area contributed by atoms with Crippen molar-refractivity contribution in [2.75, 3.05) is 6.54 Å². The van der Waals surface area contributed by atoms with Crippen LogP contribution in [0.15, 0.2) is 53.7 Å². The van der Waals surface area contributed by atoms with Crippen LogP contribution in [0.2, 0.25) is 0 Å². The maximum atomic E-state index is 12.3. The normalized spacial score (nSPS) is 14.7. The van der Waals surface area contributed by atoms with Crippen molar-refractivity contribution in [1.29, 1.82) is 4.78 Å². The number of benzene rings is 1. The second kappa shape index (κ2) is 7.24. The van der Waals surface area contributed by atoms with Crippen LogP contribution in [0, 0.1) is 4.78 Å². The zero-order valence-electron chi connectivity index (χ0n) is 13.9. The van der Waals surface area contributed by atoms with E-state index in [-0.39, 0.29) is 17.3 Å². The molecule has 0 unspecified atom stereocenters. The molecule has 2 aromatic heterocycles. The molecule has 136 valence electrons. The Morgan fingerprint density at radius 3 is 2.58 bits per heavy atom. The van der Waals surface area contributed by atoms with Crippen LogP contribution in [-0.2, 0) is 9.92 Å². The smallest absolute Gasteiger partial charge is 0.238 e. The summed E-state index contributed by atoms with van der Waals surface area (Å²) in [4.78, 5) is 8.15. The van der Waals surface area contributed by atoms with Crippen LogP contribution < -0.4 is 9.46 Å². The molecule has 2 atom stereocenters. The molecular formula is C17H18N4O4S. The first-order chi connectivity index (χ1) is 12.4. The quantitative estimate of drug-likeness (QED) is 0.524. The highest BCUT2D eigenvalue weighted by Crippen LogP contribution is 2.31. The van der Waals surface area contributed by atoms with Crippen LogP contribution in [0.4, 0.5) is 0 Å². The van der Waals surface area contributed by atoms with Gasteiger partial charge in [0.1, 0.15) is 26.9 Å². The summed E-state index contributed by atoms with van der Waals surface area (Å²) in [6, 6.07) is 9.60. The minimum absolute atomic E-state index is 0.0567. The molecular weight excluding hydrogens is 356 g/mol. The first-order valence-electron chi connectivity index (χ1n) is 7.79. The molecule has 0 radical (unpaired) electrons. The SMILES string of the molecule is C[C@@H](O)CN[S@@](=N)(=O)c1ccc(Oc2ccnc3c(O)nccc23)cc1. The maximum absolute atomic E-state index is 12.3. The second-order valence-electron chi connectivity index (χ2n) is 5.67. The molecule has 8 nitrogen and oxygen atoms in total. The molecule has 0 saturated heterocycles. The van der Waals surface area contributed by atoms with Gasteiger partial charge in [0.25, 0.3) is 0 Å². The lowest BCUT2D eigenvalue weighted by atomic mass is 10.2. The Morgan fingerprint density at radius 1 is 1.19 bits per heavy atom. The summed E-state index contributed by atoms with van der Waals surface area (Å²) in [5, 5.41) is 19.6. The van der Waals surface area contributed by atoms with Crippen molar-refractivity contribution in [2.24, 2.45) is 0 Å². The highest BCUT2D eigenvalue weighted by Gasteiger charge is 2.12. The van der Waals surface area contributed by atoms with E-state index in [1.807, 2.05) is 0 Å². The first kappa shape index (κ1) is 18.1. The van der Waals surface area contributed by atoms with Crippen molar-refractivity contribution in [1.82, 2.24) is 14.7 Å². The van der Waals surface area contributed by atoms with Gasteiger partial charge >= 0.3 is 0 Å². The van der Waals surface area contributed by atoms with Gasteiger partial charge < -0.3 is 14.9 Å². The summed E-state index contributed by atoms with van der Waals surface area (Å²) in [5.41, 5.74) is 0.332. The van der Waals surface area contributed by atoms with Crippen LogP contribution in [0.5, 0.6) is 17.4 Å². The second-order valence-corrected chi connectivity index (χ2v) is 7.54. The Balaban J connectivity index is 1.84. The summed E-state index contributed by atoms with van der Waals surface area (Å²) in [7, 11) is -3.20. The lowest BCUT2D eigenvalue weighted by Gasteiger charge is -2.12. The van der Waals surface area contributed by atoms with E-state index in [2.05, 4.69) is 14.7 Å². The van der Waals surface area contributed by atoms with Gasteiger partial charge in [-0.3, -0.25) is 4.98 Å². The fraction of sp³-hybridized carbons (Fsp3) is 0.176. The zero-order chi connectivity index (χ0) is 18.7. The Labute approximate surface area is 150 Å². The predicted octanol–water partition coefficient (Wildman–Crippen LogP) is 2.42. The van der Waals surface area contributed by atoms with Gasteiger partial charge in [0.15, 0.2) is 0 Å². The van der Waals surface area contributed by atoms with E-state index in [1.165, 1.54) is 24.5 Å². The number of aromatic hydroxyl groups is 1. The molecule has 26 heavy (non-hydrogen) atoms. The highest BCUT2D eigenvalue weighted by atomic mass is 32.2. The van der Waals surface area contributed by atoms with Crippen LogP contribution >= 0.6 is 0 Å². The van der Waals surface area contributed by atoms with Crippen molar-refractivity contribution < 1.29 is 19.2 Å². The summed E-state index contributed by atoms with van der Waals surface area (Å²) >= 11 is 0. The fourth-order valence-corrected chi connectivity index (χ4v) is 3.44. The highest BCUT2D eigenvalue weighted by molar-refractivity contribution is 7.90. The van der Waals surface area contributed by atoms with E-state index in [1.54, 1.807) is 31.2 Å². The summed E-state index contributed by atoms with van der Waals surface area (Å²) in [6.07, 6.45) is 2.26. The third-order valence-electron chi connectivity index (χ3n) is 3.57. The first-order valence-corrected chi connectivity index (χ1v) is 9.35. The minimum Gasteiger partial charge on any atom is -0.492 e. The van der Waals surface area contributed by atoms with Gasteiger partial charge in [-0.2, -0.15) is 0 Å². The number of hydrogen-bond acceptors (Lipinski definition) is 7. The topological polar surface area (TPSA) is 128 Å². The van der Waals surface area contributed by atoms with Crippen molar-refractivity contribution in [2.45, 2.75) is 17.9 Å². The molecule has 0 saturated carbocycles. The van der Waals surface area contributed by atoms with E-state index in [9.17, 15) is 14.4 Å².